The van der Waals surface area contributed by atoms with Crippen LogP contribution in [0.25, 0.3) is 0 Å². The quantitative estimate of drug-likeness (QED) is 0.809. The first-order chi connectivity index (χ1) is 8.37. The van der Waals surface area contributed by atoms with Crippen LogP contribution in [0.1, 0.15) is 33.4 Å². The van der Waals surface area contributed by atoms with Crippen molar-refractivity contribution in [1.29, 1.82) is 0 Å². The van der Waals surface area contributed by atoms with Gasteiger partial charge in [-0.25, -0.2) is 0 Å². The topological polar surface area (TPSA) is 51.6 Å². The van der Waals surface area contributed by atoms with Gasteiger partial charge in [0.25, 0.3) is 0 Å². The number of rotatable bonds is 3. The minimum absolute atomic E-state index is 0.0729. The molecule has 1 saturated heterocycles. The molecule has 0 spiro atoms. The van der Waals surface area contributed by atoms with Crippen LogP contribution in [0.5, 0.6) is 0 Å². The van der Waals surface area contributed by atoms with E-state index in [4.69, 9.17) is 14.4 Å². The van der Waals surface area contributed by atoms with Crippen molar-refractivity contribution in [2.45, 2.75) is 45.3 Å². The molecule has 2 heterocycles. The highest BCUT2D eigenvalue weighted by atomic mass is 16.7. The first-order valence-corrected chi connectivity index (χ1v) is 6.28. The van der Waals surface area contributed by atoms with Crippen LogP contribution in [0.15, 0.2) is 18.3 Å². The highest BCUT2D eigenvalue weighted by molar-refractivity contribution is 6.62. The molecule has 1 N–H and O–H groups in total. The molecule has 0 unspecified atom stereocenters. The Morgan fingerprint density at radius 1 is 1.22 bits per heavy atom. The molecular formula is C13H20BNO3. The van der Waals surface area contributed by atoms with E-state index >= 15 is 0 Å². The van der Waals surface area contributed by atoms with Crippen molar-refractivity contribution in [3.05, 3.63) is 24.0 Å². The Morgan fingerprint density at radius 3 is 2.39 bits per heavy atom. The zero-order chi connectivity index (χ0) is 13.4. The van der Waals surface area contributed by atoms with Crippen molar-refractivity contribution < 1.29 is 14.4 Å². The molecule has 5 heteroatoms. The molecule has 0 bridgehead atoms. The molecule has 0 saturated carbocycles. The molecule has 0 aromatic carbocycles. The summed E-state index contributed by atoms with van der Waals surface area (Å²) in [4.78, 5) is 4.29. The second-order valence-electron chi connectivity index (χ2n) is 5.60. The minimum atomic E-state index is -0.412. The van der Waals surface area contributed by atoms with Gasteiger partial charge in [-0.2, -0.15) is 0 Å². The molecule has 0 atom stereocenters. The average molecular weight is 249 g/mol. The number of aromatic nitrogens is 1. The lowest BCUT2D eigenvalue weighted by Gasteiger charge is -2.32. The summed E-state index contributed by atoms with van der Waals surface area (Å²) < 4.78 is 12.0. The van der Waals surface area contributed by atoms with Crippen LogP contribution in [0, 0.1) is 0 Å². The Morgan fingerprint density at radius 2 is 1.83 bits per heavy atom. The highest BCUT2D eigenvalue weighted by Crippen LogP contribution is 2.36. The second kappa shape index (κ2) is 4.65. The molecule has 4 nitrogen and oxygen atoms in total. The molecule has 1 aliphatic heterocycles. The molecule has 1 aromatic rings. The van der Waals surface area contributed by atoms with Gasteiger partial charge in [-0.05, 0) is 33.8 Å². The Hall–Kier alpha value is -0.905. The Labute approximate surface area is 108 Å². The largest absolute Gasteiger partial charge is 0.496 e. The summed E-state index contributed by atoms with van der Waals surface area (Å²) in [5.74, 6) is 0. The maximum absolute atomic E-state index is 9.07. The predicted molar refractivity (Wildman–Crippen MR) is 70.7 cm³/mol. The van der Waals surface area contributed by atoms with Crippen LogP contribution in [0.3, 0.4) is 0 Å². The Bertz CT molecular complexity index is 418. The summed E-state index contributed by atoms with van der Waals surface area (Å²) in [5.41, 5.74) is 1.03. The van der Waals surface area contributed by atoms with Gasteiger partial charge >= 0.3 is 7.12 Å². The zero-order valence-corrected chi connectivity index (χ0v) is 11.4. The third kappa shape index (κ3) is 2.30. The first kappa shape index (κ1) is 13.5. The Balaban J connectivity index is 2.29. The van der Waals surface area contributed by atoms with Crippen LogP contribution < -0.4 is 5.46 Å². The molecule has 98 valence electrons. The van der Waals surface area contributed by atoms with Crippen LogP contribution in [0.2, 0.25) is 0 Å². The van der Waals surface area contributed by atoms with E-state index in [9.17, 15) is 0 Å². The number of hydrogen-bond donors (Lipinski definition) is 1. The van der Waals surface area contributed by atoms with Gasteiger partial charge in [0.15, 0.2) is 0 Å². The maximum Gasteiger partial charge on any atom is 0.496 e. The fourth-order valence-corrected chi connectivity index (χ4v) is 1.95. The van der Waals surface area contributed by atoms with Crippen LogP contribution in [-0.2, 0) is 15.7 Å². The van der Waals surface area contributed by atoms with E-state index in [0.29, 0.717) is 6.42 Å². The van der Waals surface area contributed by atoms with Crippen molar-refractivity contribution in [2.75, 3.05) is 6.61 Å². The lowest BCUT2D eigenvalue weighted by molar-refractivity contribution is 0.00578. The molecule has 1 aromatic heterocycles. The van der Waals surface area contributed by atoms with E-state index < -0.39 is 7.12 Å². The van der Waals surface area contributed by atoms with Gasteiger partial charge in [0.05, 0.1) is 11.2 Å². The third-order valence-corrected chi connectivity index (χ3v) is 3.78. The normalized spacial score (nSPS) is 21.3. The summed E-state index contributed by atoms with van der Waals surface area (Å²) in [7, 11) is -0.412. The van der Waals surface area contributed by atoms with Crippen LogP contribution in [-0.4, -0.2) is 35.0 Å². The van der Waals surface area contributed by atoms with Gasteiger partial charge in [-0.1, -0.05) is 6.07 Å². The van der Waals surface area contributed by atoms with Crippen molar-refractivity contribution in [3.63, 3.8) is 0 Å². The van der Waals surface area contributed by atoms with Gasteiger partial charge in [-0.15, -0.1) is 0 Å². The number of aliphatic hydroxyl groups is 1. The molecule has 18 heavy (non-hydrogen) atoms. The van der Waals surface area contributed by atoms with Gasteiger partial charge < -0.3 is 14.4 Å². The molecule has 0 radical (unpaired) electrons. The van der Waals surface area contributed by atoms with E-state index in [1.807, 2.05) is 39.8 Å². The standard InChI is InChI=1S/C13H20BNO3/c1-12(2)13(3,4)18-14(17-12)10-6-5-8-15-11(10)7-9-16/h5-6,8,16H,7,9H2,1-4H3. The summed E-state index contributed by atoms with van der Waals surface area (Å²) in [6.07, 6.45) is 2.24. The molecule has 1 fully saturated rings. The SMILES string of the molecule is CC1(C)OB(c2cccnc2CCO)OC1(C)C. The van der Waals surface area contributed by atoms with Crippen molar-refractivity contribution in [2.24, 2.45) is 0 Å². The molecule has 2 rings (SSSR count). The number of nitrogens with zero attached hydrogens (tertiary/aromatic N) is 1. The van der Waals surface area contributed by atoms with Crippen molar-refractivity contribution in [1.82, 2.24) is 4.98 Å². The van der Waals surface area contributed by atoms with Crippen molar-refractivity contribution >= 4 is 12.6 Å². The Kier molecular flexibility index (Phi) is 3.49. The lowest BCUT2D eigenvalue weighted by Crippen LogP contribution is -2.41. The predicted octanol–water partition coefficient (Wildman–Crippen LogP) is 0.916. The van der Waals surface area contributed by atoms with Gasteiger partial charge in [-0.3, -0.25) is 4.98 Å². The average Bonchev–Trinajstić information content (AvgIpc) is 2.49. The zero-order valence-electron chi connectivity index (χ0n) is 11.4. The molecule has 1 aliphatic rings. The van der Waals surface area contributed by atoms with Crippen LogP contribution >= 0.6 is 0 Å². The highest BCUT2D eigenvalue weighted by Gasteiger charge is 2.52. The number of hydrogen-bond acceptors (Lipinski definition) is 4. The van der Waals surface area contributed by atoms with E-state index in [0.717, 1.165) is 11.2 Å². The molecule has 0 amide bonds. The maximum atomic E-state index is 9.07. The summed E-state index contributed by atoms with van der Waals surface area (Å²) >= 11 is 0. The summed E-state index contributed by atoms with van der Waals surface area (Å²) in [6.45, 7) is 8.16. The minimum Gasteiger partial charge on any atom is -0.399 e. The smallest absolute Gasteiger partial charge is 0.399 e. The van der Waals surface area contributed by atoms with Crippen molar-refractivity contribution in [3.8, 4) is 0 Å². The number of pyridine rings is 1. The summed E-state index contributed by atoms with van der Waals surface area (Å²) in [6, 6.07) is 3.81. The van der Waals surface area contributed by atoms with Crippen LogP contribution in [0.4, 0.5) is 0 Å². The molecule has 0 aliphatic carbocycles. The van der Waals surface area contributed by atoms with Gasteiger partial charge in [0, 0.05) is 30.4 Å². The molecular weight excluding hydrogens is 229 g/mol. The fourth-order valence-electron chi connectivity index (χ4n) is 1.95. The van der Waals surface area contributed by atoms with Gasteiger partial charge in [0.1, 0.15) is 0 Å². The van der Waals surface area contributed by atoms with E-state index in [-0.39, 0.29) is 17.8 Å². The van der Waals surface area contributed by atoms with E-state index in [1.165, 1.54) is 0 Å². The second-order valence-corrected chi connectivity index (χ2v) is 5.60. The lowest BCUT2D eigenvalue weighted by atomic mass is 9.77. The summed E-state index contributed by atoms with van der Waals surface area (Å²) in [5, 5.41) is 9.07. The third-order valence-electron chi connectivity index (χ3n) is 3.78. The van der Waals surface area contributed by atoms with Gasteiger partial charge in [0.2, 0.25) is 0 Å². The monoisotopic (exact) mass is 249 g/mol. The fraction of sp³-hybridized carbons (Fsp3) is 0.615. The van der Waals surface area contributed by atoms with E-state index in [1.54, 1.807) is 6.20 Å². The number of aliphatic hydroxyl groups excluding tert-OH is 1. The van der Waals surface area contributed by atoms with E-state index in [2.05, 4.69) is 4.98 Å². The first-order valence-electron chi connectivity index (χ1n) is 6.28.